The van der Waals surface area contributed by atoms with Gasteiger partial charge in [0.05, 0.1) is 0 Å². The Morgan fingerprint density at radius 2 is 1.54 bits per heavy atom. The monoisotopic (exact) mass is 364 g/mol. The molecule has 0 aliphatic carbocycles. The van der Waals surface area contributed by atoms with Crippen molar-refractivity contribution in [1.29, 1.82) is 0 Å². The third kappa shape index (κ3) is 4.40. The highest BCUT2D eigenvalue weighted by molar-refractivity contribution is 5.81. The SMILES string of the molecule is C=C(/C=C\C=C(/C)c1cccc(C)c1)c1cccc(-c2ccccc2C)c1C. The minimum Gasteiger partial charge on any atom is -0.0911 e. The summed E-state index contributed by atoms with van der Waals surface area (Å²) in [7, 11) is 0. The molecule has 140 valence electrons. The summed E-state index contributed by atoms with van der Waals surface area (Å²) in [4.78, 5) is 0. The fourth-order valence-electron chi connectivity index (χ4n) is 3.54. The Hall–Kier alpha value is -3.12. The van der Waals surface area contributed by atoms with Crippen LogP contribution < -0.4 is 0 Å². The number of hydrogen-bond acceptors (Lipinski definition) is 0. The van der Waals surface area contributed by atoms with Crippen LogP contribution in [0.15, 0.2) is 91.5 Å². The van der Waals surface area contributed by atoms with Crippen LogP contribution in [0, 0.1) is 20.8 Å². The average Bonchev–Trinajstić information content (AvgIpc) is 2.68. The van der Waals surface area contributed by atoms with E-state index in [1.165, 1.54) is 44.5 Å². The number of allylic oxidation sites excluding steroid dienone is 5. The molecule has 0 atom stereocenters. The third-order valence-corrected chi connectivity index (χ3v) is 5.23. The highest BCUT2D eigenvalue weighted by atomic mass is 14.1. The summed E-state index contributed by atoms with van der Waals surface area (Å²) in [5.74, 6) is 0. The molecule has 0 saturated heterocycles. The van der Waals surface area contributed by atoms with Crippen molar-refractivity contribution in [2.24, 2.45) is 0 Å². The van der Waals surface area contributed by atoms with Gasteiger partial charge >= 0.3 is 0 Å². The Morgan fingerprint density at radius 1 is 0.821 bits per heavy atom. The van der Waals surface area contributed by atoms with E-state index in [1.807, 2.05) is 0 Å². The summed E-state index contributed by atoms with van der Waals surface area (Å²) >= 11 is 0. The van der Waals surface area contributed by atoms with Crippen LogP contribution in [0.1, 0.15) is 34.7 Å². The molecule has 0 N–H and O–H groups in total. The van der Waals surface area contributed by atoms with Crippen molar-refractivity contribution in [3.63, 3.8) is 0 Å². The molecule has 0 heteroatoms. The molecule has 3 aromatic rings. The highest BCUT2D eigenvalue weighted by Gasteiger charge is 2.08. The first-order valence-corrected chi connectivity index (χ1v) is 9.74. The van der Waals surface area contributed by atoms with Gasteiger partial charge < -0.3 is 0 Å². The first-order valence-electron chi connectivity index (χ1n) is 9.74. The predicted molar refractivity (Wildman–Crippen MR) is 124 cm³/mol. The minimum atomic E-state index is 1.03. The quantitative estimate of drug-likeness (QED) is 0.403. The van der Waals surface area contributed by atoms with E-state index in [2.05, 4.69) is 119 Å². The molecule has 0 aromatic heterocycles. The molecule has 3 aromatic carbocycles. The Labute approximate surface area is 169 Å². The van der Waals surface area contributed by atoms with Gasteiger partial charge in [0.15, 0.2) is 0 Å². The van der Waals surface area contributed by atoms with E-state index in [1.54, 1.807) is 0 Å². The summed E-state index contributed by atoms with van der Waals surface area (Å²) in [6, 6.07) is 23.6. The molecule has 0 unspecified atom stereocenters. The lowest BCUT2D eigenvalue weighted by Gasteiger charge is -2.13. The van der Waals surface area contributed by atoms with Crippen molar-refractivity contribution in [3.8, 4) is 11.1 Å². The molecular formula is C28H28. The number of hydrogen-bond donors (Lipinski definition) is 0. The maximum Gasteiger partial charge on any atom is -0.0146 e. The van der Waals surface area contributed by atoms with Crippen LogP contribution in [0.2, 0.25) is 0 Å². The van der Waals surface area contributed by atoms with Crippen molar-refractivity contribution in [2.75, 3.05) is 0 Å². The van der Waals surface area contributed by atoms with Gasteiger partial charge in [0.25, 0.3) is 0 Å². The fourth-order valence-corrected chi connectivity index (χ4v) is 3.54. The zero-order valence-electron chi connectivity index (χ0n) is 17.3. The first kappa shape index (κ1) is 19.6. The van der Waals surface area contributed by atoms with E-state index in [9.17, 15) is 0 Å². The average molecular weight is 365 g/mol. The molecule has 0 radical (unpaired) electrons. The predicted octanol–water partition coefficient (Wildman–Crippen LogP) is 7.95. The summed E-state index contributed by atoms with van der Waals surface area (Å²) in [6.45, 7) is 12.9. The second kappa shape index (κ2) is 8.71. The van der Waals surface area contributed by atoms with E-state index in [0.717, 1.165) is 5.57 Å². The summed E-state index contributed by atoms with van der Waals surface area (Å²) in [5, 5.41) is 0. The van der Waals surface area contributed by atoms with Crippen LogP contribution in [-0.2, 0) is 0 Å². The lowest BCUT2D eigenvalue weighted by Crippen LogP contribution is -1.92. The van der Waals surface area contributed by atoms with Crippen LogP contribution in [0.25, 0.3) is 22.3 Å². The van der Waals surface area contributed by atoms with Crippen molar-refractivity contribution in [1.82, 2.24) is 0 Å². The number of rotatable bonds is 5. The van der Waals surface area contributed by atoms with Crippen molar-refractivity contribution in [3.05, 3.63) is 119 Å². The third-order valence-electron chi connectivity index (χ3n) is 5.23. The molecule has 0 saturated carbocycles. The second-order valence-electron chi connectivity index (χ2n) is 7.40. The highest BCUT2D eigenvalue weighted by Crippen LogP contribution is 2.31. The Bertz CT molecular complexity index is 1060. The standard InChI is InChI=1S/C28H28/c1-20-11-8-15-25(19-20)21(2)13-9-14-22(3)26-17-10-18-28(24(26)5)27-16-7-6-12-23(27)4/h6-19H,3H2,1-2,4-5H3/b14-9-,21-13+. The largest absolute Gasteiger partial charge is 0.0911 e. The Morgan fingerprint density at radius 3 is 2.29 bits per heavy atom. The molecule has 28 heavy (non-hydrogen) atoms. The Kier molecular flexibility index (Phi) is 6.11. The lowest BCUT2D eigenvalue weighted by molar-refractivity contribution is 1.39. The van der Waals surface area contributed by atoms with Gasteiger partial charge in [-0.3, -0.25) is 0 Å². The van der Waals surface area contributed by atoms with E-state index >= 15 is 0 Å². The number of benzene rings is 3. The Balaban J connectivity index is 1.85. The van der Waals surface area contributed by atoms with Gasteiger partial charge in [-0.15, -0.1) is 0 Å². The van der Waals surface area contributed by atoms with Gasteiger partial charge in [-0.1, -0.05) is 97.1 Å². The van der Waals surface area contributed by atoms with E-state index in [4.69, 9.17) is 0 Å². The first-order chi connectivity index (χ1) is 13.5. The molecule has 0 bridgehead atoms. The lowest BCUT2D eigenvalue weighted by atomic mass is 9.91. The molecule has 3 rings (SSSR count). The molecule has 0 heterocycles. The smallest absolute Gasteiger partial charge is 0.0146 e. The van der Waals surface area contributed by atoms with Crippen molar-refractivity contribution < 1.29 is 0 Å². The van der Waals surface area contributed by atoms with Crippen LogP contribution in [0.4, 0.5) is 0 Å². The van der Waals surface area contributed by atoms with Gasteiger partial charge in [-0.2, -0.15) is 0 Å². The molecule has 0 spiro atoms. The molecule has 0 aliphatic rings. The maximum absolute atomic E-state index is 4.31. The van der Waals surface area contributed by atoms with Crippen molar-refractivity contribution >= 4 is 11.1 Å². The normalized spacial score (nSPS) is 11.8. The van der Waals surface area contributed by atoms with Gasteiger partial charge in [0.2, 0.25) is 0 Å². The van der Waals surface area contributed by atoms with E-state index in [-0.39, 0.29) is 0 Å². The van der Waals surface area contributed by atoms with Crippen LogP contribution in [0.5, 0.6) is 0 Å². The zero-order chi connectivity index (χ0) is 20.1. The van der Waals surface area contributed by atoms with E-state index < -0.39 is 0 Å². The van der Waals surface area contributed by atoms with Crippen LogP contribution in [0.3, 0.4) is 0 Å². The van der Waals surface area contributed by atoms with Gasteiger partial charge in [0.1, 0.15) is 0 Å². The zero-order valence-corrected chi connectivity index (χ0v) is 17.3. The fraction of sp³-hybridized carbons (Fsp3) is 0.143. The maximum atomic E-state index is 4.31. The summed E-state index contributed by atoms with van der Waals surface area (Å²) in [6.07, 6.45) is 6.35. The molecule has 0 nitrogen and oxygen atoms in total. The minimum absolute atomic E-state index is 1.03. The number of aryl methyl sites for hydroxylation is 2. The molecule has 0 amide bonds. The van der Waals surface area contributed by atoms with Gasteiger partial charge in [0, 0.05) is 0 Å². The topological polar surface area (TPSA) is 0 Å². The summed E-state index contributed by atoms with van der Waals surface area (Å²) < 4.78 is 0. The van der Waals surface area contributed by atoms with Crippen molar-refractivity contribution in [2.45, 2.75) is 27.7 Å². The van der Waals surface area contributed by atoms with Gasteiger partial charge in [-0.25, -0.2) is 0 Å². The van der Waals surface area contributed by atoms with Crippen LogP contribution >= 0.6 is 0 Å². The van der Waals surface area contributed by atoms with Gasteiger partial charge in [-0.05, 0) is 72.2 Å². The van der Waals surface area contributed by atoms with Crippen LogP contribution in [-0.4, -0.2) is 0 Å². The molecule has 0 fully saturated rings. The van der Waals surface area contributed by atoms with E-state index in [0.29, 0.717) is 0 Å². The second-order valence-corrected chi connectivity index (χ2v) is 7.40. The summed E-state index contributed by atoms with van der Waals surface area (Å²) in [5.41, 5.74) is 11.1. The molecular weight excluding hydrogens is 336 g/mol. The molecule has 0 aliphatic heterocycles.